The lowest BCUT2D eigenvalue weighted by Gasteiger charge is -2.13. The molecule has 154 valence electrons. The molecule has 0 spiro atoms. The summed E-state index contributed by atoms with van der Waals surface area (Å²) < 4.78 is 33.4. The standard InChI is InChI=1S/C22H20ClN3O3S/c1-22(2,3)19-14-20(26(25-19)17-11-9-16(23)10-12-17)29-30(27,28)18-8-4-6-15-7-5-13-24-21(15)18/h4-14H,1-3H3. The second-order valence-corrected chi connectivity index (χ2v) is 9.83. The number of para-hydroxylation sites is 1. The van der Waals surface area contributed by atoms with Gasteiger partial charge in [0.25, 0.3) is 0 Å². The molecule has 0 radical (unpaired) electrons. The van der Waals surface area contributed by atoms with Crippen molar-refractivity contribution < 1.29 is 12.6 Å². The van der Waals surface area contributed by atoms with Crippen molar-refractivity contribution in [2.24, 2.45) is 0 Å². The number of aromatic nitrogens is 3. The Morgan fingerprint density at radius 2 is 1.70 bits per heavy atom. The first-order valence-electron chi connectivity index (χ1n) is 9.30. The Kier molecular flexibility index (Phi) is 5.03. The molecule has 6 nitrogen and oxygen atoms in total. The summed E-state index contributed by atoms with van der Waals surface area (Å²) in [5.74, 6) is 0.0928. The Morgan fingerprint density at radius 3 is 2.40 bits per heavy atom. The quantitative estimate of drug-likeness (QED) is 0.410. The number of benzene rings is 2. The van der Waals surface area contributed by atoms with Crippen LogP contribution < -0.4 is 4.18 Å². The minimum atomic E-state index is -4.16. The second kappa shape index (κ2) is 7.41. The number of nitrogens with zero attached hydrogens (tertiary/aromatic N) is 3. The third kappa shape index (κ3) is 3.91. The number of hydrogen-bond donors (Lipinski definition) is 0. The average Bonchev–Trinajstić information content (AvgIpc) is 3.11. The second-order valence-electron chi connectivity index (χ2n) is 7.87. The zero-order valence-electron chi connectivity index (χ0n) is 16.7. The maximum atomic E-state index is 13.2. The molecule has 0 aliphatic rings. The Balaban J connectivity index is 1.83. The number of pyridine rings is 1. The Labute approximate surface area is 180 Å². The first-order chi connectivity index (χ1) is 14.1. The fourth-order valence-corrected chi connectivity index (χ4v) is 4.20. The molecule has 0 atom stereocenters. The summed E-state index contributed by atoms with van der Waals surface area (Å²) in [5, 5.41) is 5.87. The summed E-state index contributed by atoms with van der Waals surface area (Å²) in [5.41, 5.74) is 1.38. The highest BCUT2D eigenvalue weighted by atomic mass is 35.5. The smallest absolute Gasteiger partial charge is 0.342 e. The molecule has 30 heavy (non-hydrogen) atoms. The maximum Gasteiger partial charge on any atom is 0.342 e. The molecule has 0 aliphatic heterocycles. The molecule has 0 N–H and O–H groups in total. The van der Waals surface area contributed by atoms with E-state index in [0.29, 0.717) is 27.3 Å². The zero-order valence-corrected chi connectivity index (χ0v) is 18.3. The molecule has 0 saturated heterocycles. The van der Waals surface area contributed by atoms with Gasteiger partial charge in [0.05, 0.1) is 16.9 Å². The lowest BCUT2D eigenvalue weighted by atomic mass is 9.93. The van der Waals surface area contributed by atoms with E-state index in [4.69, 9.17) is 15.8 Å². The zero-order chi connectivity index (χ0) is 21.5. The van der Waals surface area contributed by atoms with Gasteiger partial charge in [-0.1, -0.05) is 50.6 Å². The molecule has 0 bridgehead atoms. The summed E-state index contributed by atoms with van der Waals surface area (Å²) in [6.07, 6.45) is 1.55. The first-order valence-corrected chi connectivity index (χ1v) is 11.1. The van der Waals surface area contributed by atoms with Crippen LogP contribution >= 0.6 is 11.6 Å². The molecule has 8 heteroatoms. The van der Waals surface area contributed by atoms with Crippen LogP contribution in [-0.2, 0) is 15.5 Å². The SMILES string of the molecule is CC(C)(C)c1cc(OS(=O)(=O)c2cccc3cccnc23)n(-c2ccc(Cl)cc2)n1. The molecule has 4 rings (SSSR count). The Hall–Kier alpha value is -2.90. The van der Waals surface area contributed by atoms with Gasteiger partial charge in [-0.15, -0.1) is 0 Å². The van der Waals surface area contributed by atoms with Crippen LogP contribution in [0, 0.1) is 0 Å². The van der Waals surface area contributed by atoms with Crippen LogP contribution in [0.5, 0.6) is 5.88 Å². The van der Waals surface area contributed by atoms with Gasteiger partial charge < -0.3 is 4.18 Å². The van der Waals surface area contributed by atoms with E-state index < -0.39 is 10.1 Å². The molecule has 0 amide bonds. The number of fused-ring (bicyclic) bond motifs is 1. The van der Waals surface area contributed by atoms with Gasteiger partial charge in [0.1, 0.15) is 4.90 Å². The third-order valence-electron chi connectivity index (χ3n) is 4.58. The highest BCUT2D eigenvalue weighted by molar-refractivity contribution is 7.87. The van der Waals surface area contributed by atoms with Crippen molar-refractivity contribution in [3.05, 3.63) is 77.6 Å². The van der Waals surface area contributed by atoms with Crippen molar-refractivity contribution in [3.8, 4) is 11.6 Å². The highest BCUT2D eigenvalue weighted by Gasteiger charge is 2.26. The van der Waals surface area contributed by atoms with Gasteiger partial charge >= 0.3 is 10.1 Å². The summed E-state index contributed by atoms with van der Waals surface area (Å²) in [6.45, 7) is 5.98. The molecule has 0 fully saturated rings. The van der Waals surface area contributed by atoms with Crippen LogP contribution in [0.4, 0.5) is 0 Å². The van der Waals surface area contributed by atoms with E-state index in [-0.39, 0.29) is 16.2 Å². The minimum absolute atomic E-state index is 0.00163. The number of hydrogen-bond acceptors (Lipinski definition) is 5. The summed E-state index contributed by atoms with van der Waals surface area (Å²) >= 11 is 5.99. The monoisotopic (exact) mass is 441 g/mol. The largest absolute Gasteiger partial charge is 0.358 e. The fraction of sp³-hybridized carbons (Fsp3) is 0.182. The lowest BCUT2D eigenvalue weighted by Crippen LogP contribution is -2.13. The topological polar surface area (TPSA) is 74.1 Å². The van der Waals surface area contributed by atoms with Gasteiger partial charge in [-0.3, -0.25) is 4.98 Å². The van der Waals surface area contributed by atoms with Gasteiger partial charge in [-0.25, -0.2) is 0 Å². The van der Waals surface area contributed by atoms with Crippen molar-refractivity contribution in [2.75, 3.05) is 0 Å². The highest BCUT2D eigenvalue weighted by Crippen LogP contribution is 2.31. The summed E-state index contributed by atoms with van der Waals surface area (Å²) in [7, 11) is -4.16. The third-order valence-corrected chi connectivity index (χ3v) is 6.09. The fourth-order valence-electron chi connectivity index (χ4n) is 2.99. The van der Waals surface area contributed by atoms with Crippen LogP contribution in [0.2, 0.25) is 5.02 Å². The number of halogens is 1. The van der Waals surface area contributed by atoms with Crippen molar-refractivity contribution >= 4 is 32.6 Å². The van der Waals surface area contributed by atoms with Gasteiger partial charge in [0, 0.05) is 28.1 Å². The van der Waals surface area contributed by atoms with Crippen molar-refractivity contribution in [3.63, 3.8) is 0 Å². The molecule has 0 saturated carbocycles. The summed E-state index contributed by atoms with van der Waals surface area (Å²) in [4.78, 5) is 4.23. The van der Waals surface area contributed by atoms with E-state index >= 15 is 0 Å². The maximum absolute atomic E-state index is 13.2. The predicted octanol–water partition coefficient (Wildman–Crippen LogP) is 5.14. The number of rotatable bonds is 4. The van der Waals surface area contributed by atoms with Crippen molar-refractivity contribution in [1.82, 2.24) is 14.8 Å². The van der Waals surface area contributed by atoms with Crippen molar-refractivity contribution in [1.29, 1.82) is 0 Å². The van der Waals surface area contributed by atoms with Crippen LogP contribution in [0.3, 0.4) is 0 Å². The van der Waals surface area contributed by atoms with Gasteiger partial charge in [-0.2, -0.15) is 18.2 Å². The first kappa shape index (κ1) is 20.4. The van der Waals surface area contributed by atoms with E-state index in [1.54, 1.807) is 60.8 Å². The van der Waals surface area contributed by atoms with E-state index in [0.717, 1.165) is 0 Å². The normalized spacial score (nSPS) is 12.3. The molecule has 4 aromatic rings. The van der Waals surface area contributed by atoms with Gasteiger partial charge in [0.15, 0.2) is 0 Å². The molecule has 2 aromatic carbocycles. The van der Waals surface area contributed by atoms with Crippen LogP contribution in [0.15, 0.2) is 71.8 Å². The minimum Gasteiger partial charge on any atom is -0.358 e. The van der Waals surface area contributed by atoms with Crippen LogP contribution in [0.25, 0.3) is 16.6 Å². The van der Waals surface area contributed by atoms with Gasteiger partial charge in [0.2, 0.25) is 5.88 Å². The molecule has 0 aliphatic carbocycles. The molecular weight excluding hydrogens is 422 g/mol. The van der Waals surface area contributed by atoms with Gasteiger partial charge in [-0.05, 0) is 36.4 Å². The Morgan fingerprint density at radius 1 is 1.00 bits per heavy atom. The lowest BCUT2D eigenvalue weighted by molar-refractivity contribution is 0.465. The van der Waals surface area contributed by atoms with E-state index in [1.807, 2.05) is 20.8 Å². The molecular formula is C22H20ClN3O3S. The van der Waals surface area contributed by atoms with Crippen molar-refractivity contribution in [2.45, 2.75) is 31.1 Å². The van der Waals surface area contributed by atoms with E-state index in [1.165, 1.54) is 10.7 Å². The average molecular weight is 442 g/mol. The van der Waals surface area contributed by atoms with Crippen LogP contribution in [0.1, 0.15) is 26.5 Å². The predicted molar refractivity (Wildman–Crippen MR) is 117 cm³/mol. The Bertz CT molecular complexity index is 1320. The molecule has 0 unspecified atom stereocenters. The molecule has 2 heterocycles. The van der Waals surface area contributed by atoms with E-state index in [2.05, 4.69) is 10.1 Å². The molecule has 2 aromatic heterocycles. The summed E-state index contributed by atoms with van der Waals surface area (Å²) in [6, 6.07) is 17.1. The van der Waals surface area contributed by atoms with Crippen LogP contribution in [-0.4, -0.2) is 23.2 Å². The van der Waals surface area contributed by atoms with E-state index in [9.17, 15) is 8.42 Å².